The second kappa shape index (κ2) is 5.87. The zero-order valence-corrected chi connectivity index (χ0v) is 14.3. The zero-order valence-electron chi connectivity index (χ0n) is 14.3. The number of rotatable bonds is 4. The third-order valence-corrected chi connectivity index (χ3v) is 4.50. The number of hydrogen-bond acceptors (Lipinski definition) is 5. The fourth-order valence-electron chi connectivity index (χ4n) is 3.05. The van der Waals surface area contributed by atoms with E-state index >= 15 is 0 Å². The summed E-state index contributed by atoms with van der Waals surface area (Å²) in [6.45, 7) is 1.98. The number of aromatic nitrogens is 7. The van der Waals surface area contributed by atoms with E-state index in [4.69, 9.17) is 10.1 Å². The fraction of sp³-hybridized carbons (Fsp3) is 0.211. The van der Waals surface area contributed by atoms with Crippen LogP contribution in [0.5, 0.6) is 0 Å². The predicted molar refractivity (Wildman–Crippen MR) is 96.2 cm³/mol. The Morgan fingerprint density at radius 2 is 2.00 bits per heavy atom. The van der Waals surface area contributed by atoms with Crippen LogP contribution < -0.4 is 0 Å². The minimum absolute atomic E-state index is 0.469. The number of aryl methyl sites for hydroxylation is 1. The molecule has 3 heterocycles. The third kappa shape index (κ3) is 2.57. The second-order valence-corrected chi connectivity index (χ2v) is 6.49. The Kier molecular flexibility index (Phi) is 3.38. The van der Waals surface area contributed by atoms with Crippen molar-refractivity contribution in [3.63, 3.8) is 0 Å². The van der Waals surface area contributed by atoms with Crippen molar-refractivity contribution in [2.24, 2.45) is 0 Å². The summed E-state index contributed by atoms with van der Waals surface area (Å²) in [5.74, 6) is 2.18. The maximum atomic E-state index is 4.89. The molecule has 0 N–H and O–H groups in total. The Bertz CT molecular complexity index is 1060. The Labute approximate surface area is 150 Å². The molecule has 0 unspecified atom stereocenters. The van der Waals surface area contributed by atoms with Gasteiger partial charge < -0.3 is 0 Å². The van der Waals surface area contributed by atoms with Crippen molar-refractivity contribution in [3.8, 4) is 22.8 Å². The molecule has 3 aromatic heterocycles. The molecule has 1 fully saturated rings. The molecule has 0 radical (unpaired) electrons. The van der Waals surface area contributed by atoms with Crippen LogP contribution in [-0.4, -0.2) is 34.5 Å². The summed E-state index contributed by atoms with van der Waals surface area (Å²) in [6, 6.07) is 12.0. The molecule has 4 aromatic rings. The Balaban J connectivity index is 1.73. The number of nitrogens with zero attached hydrogens (tertiary/aromatic N) is 7. The van der Waals surface area contributed by atoms with E-state index in [0.717, 1.165) is 47.1 Å². The SMILES string of the molecule is Cc1cc(-n2nc(C3CC3)nc2-c2ccccc2-n2cncn2)ccn1. The van der Waals surface area contributed by atoms with E-state index in [-0.39, 0.29) is 0 Å². The van der Waals surface area contributed by atoms with Crippen molar-refractivity contribution >= 4 is 0 Å². The first kappa shape index (κ1) is 14.9. The van der Waals surface area contributed by atoms with Crippen LogP contribution in [0.1, 0.15) is 30.3 Å². The lowest BCUT2D eigenvalue weighted by Crippen LogP contribution is -2.04. The minimum atomic E-state index is 0.469. The van der Waals surface area contributed by atoms with Crippen LogP contribution in [-0.2, 0) is 0 Å². The monoisotopic (exact) mass is 343 g/mol. The highest BCUT2D eigenvalue weighted by Crippen LogP contribution is 2.39. The first-order valence-electron chi connectivity index (χ1n) is 8.64. The van der Waals surface area contributed by atoms with Crippen molar-refractivity contribution in [2.75, 3.05) is 0 Å². The van der Waals surface area contributed by atoms with Crippen molar-refractivity contribution < 1.29 is 0 Å². The average molecular weight is 343 g/mol. The van der Waals surface area contributed by atoms with Gasteiger partial charge >= 0.3 is 0 Å². The van der Waals surface area contributed by atoms with Crippen molar-refractivity contribution in [1.29, 1.82) is 0 Å². The zero-order chi connectivity index (χ0) is 17.5. The molecule has 7 heteroatoms. The van der Waals surface area contributed by atoms with E-state index in [1.165, 1.54) is 6.33 Å². The van der Waals surface area contributed by atoms with Crippen molar-refractivity contribution in [2.45, 2.75) is 25.7 Å². The second-order valence-electron chi connectivity index (χ2n) is 6.49. The van der Waals surface area contributed by atoms with Crippen molar-refractivity contribution in [1.82, 2.24) is 34.5 Å². The lowest BCUT2D eigenvalue weighted by atomic mass is 10.1. The number of hydrogen-bond donors (Lipinski definition) is 0. The quantitative estimate of drug-likeness (QED) is 0.569. The van der Waals surface area contributed by atoms with Gasteiger partial charge in [-0.3, -0.25) is 4.98 Å². The van der Waals surface area contributed by atoms with Crippen molar-refractivity contribution in [3.05, 3.63) is 66.8 Å². The topological polar surface area (TPSA) is 74.3 Å². The van der Waals surface area contributed by atoms with E-state index in [1.807, 2.05) is 48.0 Å². The Morgan fingerprint density at radius 1 is 1.12 bits per heavy atom. The van der Waals surface area contributed by atoms with E-state index in [1.54, 1.807) is 17.2 Å². The van der Waals surface area contributed by atoms with Gasteiger partial charge in [0.05, 0.1) is 11.4 Å². The lowest BCUT2D eigenvalue weighted by Gasteiger charge is -2.10. The van der Waals surface area contributed by atoms with Crippen LogP contribution in [0.2, 0.25) is 0 Å². The molecule has 5 rings (SSSR count). The van der Waals surface area contributed by atoms with E-state index in [9.17, 15) is 0 Å². The largest absolute Gasteiger partial charge is 0.261 e. The molecule has 0 amide bonds. The summed E-state index contributed by atoms with van der Waals surface area (Å²) in [5, 5.41) is 9.10. The molecular weight excluding hydrogens is 326 g/mol. The molecule has 128 valence electrons. The third-order valence-electron chi connectivity index (χ3n) is 4.50. The smallest absolute Gasteiger partial charge is 0.165 e. The lowest BCUT2D eigenvalue weighted by molar-refractivity contribution is 0.832. The molecule has 0 saturated heterocycles. The highest BCUT2D eigenvalue weighted by atomic mass is 15.4. The van der Waals surface area contributed by atoms with Gasteiger partial charge in [0.25, 0.3) is 0 Å². The van der Waals surface area contributed by atoms with Gasteiger partial charge in [-0.15, -0.1) is 0 Å². The first-order valence-corrected chi connectivity index (χ1v) is 8.64. The van der Waals surface area contributed by atoms with Crippen LogP contribution in [0.15, 0.2) is 55.2 Å². The first-order chi connectivity index (χ1) is 12.8. The molecule has 7 nitrogen and oxygen atoms in total. The van der Waals surface area contributed by atoms with Crippen LogP contribution in [0.3, 0.4) is 0 Å². The highest BCUT2D eigenvalue weighted by Gasteiger charge is 2.30. The summed E-state index contributed by atoms with van der Waals surface area (Å²) in [7, 11) is 0. The molecule has 1 saturated carbocycles. The van der Waals surface area contributed by atoms with Gasteiger partial charge in [-0.05, 0) is 44.0 Å². The minimum Gasteiger partial charge on any atom is -0.261 e. The molecular formula is C19H17N7. The molecule has 0 atom stereocenters. The highest BCUT2D eigenvalue weighted by molar-refractivity contribution is 5.68. The van der Waals surface area contributed by atoms with E-state index in [2.05, 4.69) is 15.1 Å². The number of para-hydroxylation sites is 1. The van der Waals surface area contributed by atoms with Crippen LogP contribution >= 0.6 is 0 Å². The summed E-state index contributed by atoms with van der Waals surface area (Å²) >= 11 is 0. The van der Waals surface area contributed by atoms with Crippen LogP contribution in [0.4, 0.5) is 0 Å². The standard InChI is InChI=1S/C19H17N7/c1-13-10-15(8-9-21-13)26-19(23-18(24-26)14-6-7-14)16-4-2-3-5-17(16)25-12-20-11-22-25/h2-5,8-12,14H,6-7H2,1H3. The average Bonchev–Trinajstić information content (AvgIpc) is 3.20. The van der Waals surface area contributed by atoms with Gasteiger partial charge in [-0.2, -0.15) is 10.2 Å². The molecule has 26 heavy (non-hydrogen) atoms. The van der Waals surface area contributed by atoms with Gasteiger partial charge in [-0.1, -0.05) is 12.1 Å². The fourth-order valence-corrected chi connectivity index (χ4v) is 3.05. The van der Waals surface area contributed by atoms with Crippen LogP contribution in [0.25, 0.3) is 22.8 Å². The molecule has 1 aliphatic carbocycles. The Morgan fingerprint density at radius 3 is 2.77 bits per heavy atom. The normalized spacial score (nSPS) is 13.9. The molecule has 0 bridgehead atoms. The van der Waals surface area contributed by atoms with E-state index < -0.39 is 0 Å². The van der Waals surface area contributed by atoms with Gasteiger partial charge in [0, 0.05) is 23.4 Å². The van der Waals surface area contributed by atoms with Gasteiger partial charge in [0.1, 0.15) is 12.7 Å². The summed E-state index contributed by atoms with van der Waals surface area (Å²) in [6.07, 6.45) is 7.34. The van der Waals surface area contributed by atoms with Gasteiger partial charge in [-0.25, -0.2) is 19.3 Å². The maximum Gasteiger partial charge on any atom is 0.165 e. The predicted octanol–water partition coefficient (Wildman–Crippen LogP) is 3.10. The van der Waals surface area contributed by atoms with Gasteiger partial charge in [0.2, 0.25) is 0 Å². The Hall–Kier alpha value is -3.35. The molecule has 1 aliphatic rings. The van der Waals surface area contributed by atoms with Crippen LogP contribution in [0, 0.1) is 6.92 Å². The molecule has 0 spiro atoms. The number of benzene rings is 1. The van der Waals surface area contributed by atoms with E-state index in [0.29, 0.717) is 5.92 Å². The molecule has 1 aromatic carbocycles. The summed E-state index contributed by atoms with van der Waals surface area (Å²) in [5.41, 5.74) is 3.79. The molecule has 0 aliphatic heterocycles. The van der Waals surface area contributed by atoms with Gasteiger partial charge in [0.15, 0.2) is 11.6 Å². The summed E-state index contributed by atoms with van der Waals surface area (Å²) < 4.78 is 3.67. The summed E-state index contributed by atoms with van der Waals surface area (Å²) in [4.78, 5) is 13.3. The number of pyridine rings is 1. The maximum absolute atomic E-state index is 4.89.